The van der Waals surface area contributed by atoms with Crippen LogP contribution in [0, 0.1) is 5.92 Å². The van der Waals surface area contributed by atoms with Gasteiger partial charge in [-0.25, -0.2) is 0 Å². The van der Waals surface area contributed by atoms with Crippen LogP contribution < -0.4 is 10.6 Å². The predicted octanol–water partition coefficient (Wildman–Crippen LogP) is 2.18. The van der Waals surface area contributed by atoms with Crippen molar-refractivity contribution >= 4 is 5.69 Å². The molecular formula is C14H22N2O. The maximum absolute atomic E-state index is 6.13. The van der Waals surface area contributed by atoms with Crippen LogP contribution >= 0.6 is 0 Å². The Bertz CT molecular complexity index is 342. The van der Waals surface area contributed by atoms with E-state index in [2.05, 4.69) is 43.0 Å². The Morgan fingerprint density at radius 3 is 2.24 bits per heavy atom. The van der Waals surface area contributed by atoms with Gasteiger partial charge < -0.3 is 15.4 Å². The van der Waals surface area contributed by atoms with E-state index in [-0.39, 0.29) is 6.04 Å². The second-order valence-corrected chi connectivity index (χ2v) is 4.96. The van der Waals surface area contributed by atoms with E-state index >= 15 is 0 Å². The van der Waals surface area contributed by atoms with Crippen molar-refractivity contribution in [2.45, 2.75) is 19.9 Å². The Balaban J connectivity index is 2.06. The third kappa shape index (κ3) is 2.99. The molecule has 2 rings (SSSR count). The minimum atomic E-state index is 0.133. The molecule has 1 aliphatic heterocycles. The summed E-state index contributed by atoms with van der Waals surface area (Å²) in [5.41, 5.74) is 8.62. The van der Waals surface area contributed by atoms with Gasteiger partial charge in [0.05, 0.1) is 13.2 Å². The molecule has 94 valence electrons. The molecule has 0 saturated carbocycles. The second kappa shape index (κ2) is 5.52. The SMILES string of the molecule is CC(C)[C@H](N)c1ccc(N2CCOCC2)cc1. The van der Waals surface area contributed by atoms with Gasteiger partial charge in [0.2, 0.25) is 0 Å². The van der Waals surface area contributed by atoms with Gasteiger partial charge in [-0.15, -0.1) is 0 Å². The summed E-state index contributed by atoms with van der Waals surface area (Å²) in [5.74, 6) is 0.476. The summed E-state index contributed by atoms with van der Waals surface area (Å²) < 4.78 is 5.35. The summed E-state index contributed by atoms with van der Waals surface area (Å²) in [4.78, 5) is 2.36. The first-order valence-electron chi connectivity index (χ1n) is 6.36. The van der Waals surface area contributed by atoms with E-state index in [0.29, 0.717) is 5.92 Å². The standard InChI is InChI=1S/C14H22N2O/c1-11(2)14(15)12-3-5-13(6-4-12)16-7-9-17-10-8-16/h3-6,11,14H,7-10,15H2,1-2H3/t14-/m0/s1. The number of benzene rings is 1. The zero-order chi connectivity index (χ0) is 12.3. The molecule has 1 saturated heterocycles. The van der Waals surface area contributed by atoms with Crippen LogP contribution in [-0.2, 0) is 4.74 Å². The molecule has 2 N–H and O–H groups in total. The summed E-state index contributed by atoms with van der Waals surface area (Å²) in [6, 6.07) is 8.77. The highest BCUT2D eigenvalue weighted by molar-refractivity contribution is 5.48. The fraction of sp³-hybridized carbons (Fsp3) is 0.571. The van der Waals surface area contributed by atoms with E-state index in [9.17, 15) is 0 Å². The van der Waals surface area contributed by atoms with Gasteiger partial charge in [-0.1, -0.05) is 26.0 Å². The quantitative estimate of drug-likeness (QED) is 0.871. The van der Waals surface area contributed by atoms with Crippen LogP contribution in [0.1, 0.15) is 25.5 Å². The Labute approximate surface area is 104 Å². The van der Waals surface area contributed by atoms with Crippen molar-refractivity contribution in [3.8, 4) is 0 Å². The first-order chi connectivity index (χ1) is 8.18. The van der Waals surface area contributed by atoms with Gasteiger partial charge in [0.25, 0.3) is 0 Å². The zero-order valence-electron chi connectivity index (χ0n) is 10.7. The van der Waals surface area contributed by atoms with Gasteiger partial charge >= 0.3 is 0 Å². The molecule has 0 unspecified atom stereocenters. The van der Waals surface area contributed by atoms with Crippen molar-refractivity contribution in [3.63, 3.8) is 0 Å². The highest BCUT2D eigenvalue weighted by atomic mass is 16.5. The van der Waals surface area contributed by atoms with E-state index in [1.165, 1.54) is 11.3 Å². The number of nitrogens with two attached hydrogens (primary N) is 1. The van der Waals surface area contributed by atoms with Gasteiger partial charge in [0, 0.05) is 24.8 Å². The second-order valence-electron chi connectivity index (χ2n) is 4.96. The van der Waals surface area contributed by atoms with Gasteiger partial charge in [0.15, 0.2) is 0 Å². The van der Waals surface area contributed by atoms with Crippen molar-refractivity contribution in [2.24, 2.45) is 11.7 Å². The summed E-state index contributed by atoms with van der Waals surface area (Å²) >= 11 is 0. The van der Waals surface area contributed by atoms with E-state index in [0.717, 1.165) is 26.3 Å². The Morgan fingerprint density at radius 1 is 1.12 bits per heavy atom. The highest BCUT2D eigenvalue weighted by Gasteiger charge is 2.13. The molecule has 0 aromatic heterocycles. The molecule has 0 amide bonds. The smallest absolute Gasteiger partial charge is 0.0642 e. The number of rotatable bonds is 3. The number of morpholine rings is 1. The number of hydrogen-bond donors (Lipinski definition) is 1. The lowest BCUT2D eigenvalue weighted by molar-refractivity contribution is 0.122. The first kappa shape index (κ1) is 12.4. The molecule has 1 aromatic carbocycles. The van der Waals surface area contributed by atoms with Crippen LogP contribution in [0.5, 0.6) is 0 Å². The summed E-state index contributed by atoms with van der Waals surface area (Å²) in [7, 11) is 0. The lowest BCUT2D eigenvalue weighted by Crippen LogP contribution is -2.36. The number of nitrogens with zero attached hydrogens (tertiary/aromatic N) is 1. The molecule has 1 heterocycles. The van der Waals surface area contributed by atoms with Crippen molar-refractivity contribution < 1.29 is 4.74 Å². The molecule has 3 heteroatoms. The Morgan fingerprint density at radius 2 is 1.71 bits per heavy atom. The summed E-state index contributed by atoms with van der Waals surface area (Å²) in [6.45, 7) is 7.92. The molecule has 1 atom stereocenters. The van der Waals surface area contributed by atoms with Crippen molar-refractivity contribution in [1.29, 1.82) is 0 Å². The van der Waals surface area contributed by atoms with E-state index in [1.54, 1.807) is 0 Å². The average Bonchev–Trinajstić information content (AvgIpc) is 2.39. The largest absolute Gasteiger partial charge is 0.378 e. The number of hydrogen-bond acceptors (Lipinski definition) is 3. The molecular weight excluding hydrogens is 212 g/mol. The van der Waals surface area contributed by atoms with E-state index in [1.807, 2.05) is 0 Å². The summed E-state index contributed by atoms with van der Waals surface area (Å²) in [6.07, 6.45) is 0. The zero-order valence-corrected chi connectivity index (χ0v) is 10.7. The molecule has 0 bridgehead atoms. The van der Waals surface area contributed by atoms with Crippen LogP contribution in [-0.4, -0.2) is 26.3 Å². The lowest BCUT2D eigenvalue weighted by atomic mass is 9.97. The van der Waals surface area contributed by atoms with Crippen molar-refractivity contribution in [3.05, 3.63) is 29.8 Å². The van der Waals surface area contributed by atoms with Gasteiger partial charge in [-0.05, 0) is 23.6 Å². The van der Waals surface area contributed by atoms with Crippen LogP contribution in [0.25, 0.3) is 0 Å². The minimum absolute atomic E-state index is 0.133. The fourth-order valence-electron chi connectivity index (χ4n) is 2.11. The van der Waals surface area contributed by atoms with E-state index < -0.39 is 0 Å². The number of ether oxygens (including phenoxy) is 1. The fourth-order valence-corrected chi connectivity index (χ4v) is 2.11. The van der Waals surface area contributed by atoms with Crippen LogP contribution in [0.3, 0.4) is 0 Å². The molecule has 1 aromatic rings. The maximum Gasteiger partial charge on any atom is 0.0642 e. The monoisotopic (exact) mass is 234 g/mol. The molecule has 1 fully saturated rings. The maximum atomic E-state index is 6.13. The number of anilines is 1. The predicted molar refractivity (Wildman–Crippen MR) is 71.2 cm³/mol. The highest BCUT2D eigenvalue weighted by Crippen LogP contribution is 2.22. The van der Waals surface area contributed by atoms with Gasteiger partial charge in [0.1, 0.15) is 0 Å². The van der Waals surface area contributed by atoms with E-state index in [4.69, 9.17) is 10.5 Å². The molecule has 0 radical (unpaired) electrons. The Kier molecular flexibility index (Phi) is 4.02. The third-order valence-corrected chi connectivity index (χ3v) is 3.37. The van der Waals surface area contributed by atoms with Gasteiger partial charge in [-0.3, -0.25) is 0 Å². The normalized spacial score (nSPS) is 18.5. The van der Waals surface area contributed by atoms with Crippen molar-refractivity contribution in [1.82, 2.24) is 0 Å². The Hall–Kier alpha value is -1.06. The molecule has 0 spiro atoms. The molecule has 17 heavy (non-hydrogen) atoms. The van der Waals surface area contributed by atoms with Crippen LogP contribution in [0.4, 0.5) is 5.69 Å². The van der Waals surface area contributed by atoms with Gasteiger partial charge in [-0.2, -0.15) is 0 Å². The lowest BCUT2D eigenvalue weighted by Gasteiger charge is -2.29. The first-order valence-corrected chi connectivity index (χ1v) is 6.36. The molecule has 0 aliphatic carbocycles. The molecule has 1 aliphatic rings. The minimum Gasteiger partial charge on any atom is -0.378 e. The topological polar surface area (TPSA) is 38.5 Å². The van der Waals surface area contributed by atoms with Crippen LogP contribution in [0.2, 0.25) is 0 Å². The average molecular weight is 234 g/mol. The molecule has 3 nitrogen and oxygen atoms in total. The third-order valence-electron chi connectivity index (χ3n) is 3.37. The van der Waals surface area contributed by atoms with Crippen molar-refractivity contribution in [2.75, 3.05) is 31.2 Å². The summed E-state index contributed by atoms with van der Waals surface area (Å²) in [5, 5.41) is 0. The van der Waals surface area contributed by atoms with Crippen LogP contribution in [0.15, 0.2) is 24.3 Å².